The van der Waals surface area contributed by atoms with Crippen molar-refractivity contribution in [2.45, 2.75) is 31.8 Å². The van der Waals surface area contributed by atoms with Gasteiger partial charge in [0.25, 0.3) is 0 Å². The molecule has 0 bridgehead atoms. The molecule has 1 aromatic heterocycles. The van der Waals surface area contributed by atoms with E-state index in [-0.39, 0.29) is 21.7 Å². The topological polar surface area (TPSA) is 38.7 Å². The smallest absolute Gasteiger partial charge is 0.350 e. The second kappa shape index (κ2) is 5.89. The Bertz CT molecular complexity index is 519. The highest BCUT2D eigenvalue weighted by Gasteiger charge is 2.26. The van der Waals surface area contributed by atoms with Gasteiger partial charge in [-0.3, -0.25) is 0 Å². The summed E-state index contributed by atoms with van der Waals surface area (Å²) in [6.45, 7) is 0. The van der Waals surface area contributed by atoms with Gasteiger partial charge in [-0.05, 0) is 37.9 Å². The van der Waals surface area contributed by atoms with E-state index in [0.717, 1.165) is 25.7 Å². The Morgan fingerprint density at radius 1 is 1.56 bits per heavy atom. The van der Waals surface area contributed by atoms with Gasteiger partial charge in [-0.2, -0.15) is 9.38 Å². The minimum atomic E-state index is -0.657. The van der Waals surface area contributed by atoms with E-state index in [1.165, 1.54) is 0 Å². The molecule has 18 heavy (non-hydrogen) atoms. The van der Waals surface area contributed by atoms with Crippen LogP contribution in [0, 0.1) is 5.13 Å². The monoisotopic (exact) mass is 305 g/mol. The Labute approximate surface area is 118 Å². The van der Waals surface area contributed by atoms with E-state index in [1.54, 1.807) is 0 Å². The fourth-order valence-electron chi connectivity index (χ4n) is 1.86. The SMILES string of the molecule is O=C(OC1CCCC1)c1sc(F)c(N=C=S)c1Cl. The maximum absolute atomic E-state index is 13.5. The summed E-state index contributed by atoms with van der Waals surface area (Å²) < 4.78 is 18.7. The molecule has 0 atom stereocenters. The van der Waals surface area contributed by atoms with Gasteiger partial charge >= 0.3 is 5.97 Å². The Morgan fingerprint density at radius 3 is 2.83 bits per heavy atom. The molecule has 1 fully saturated rings. The third-order valence-electron chi connectivity index (χ3n) is 2.70. The first-order valence-corrected chi connectivity index (χ1v) is 7.00. The highest BCUT2D eigenvalue weighted by atomic mass is 35.5. The van der Waals surface area contributed by atoms with Crippen LogP contribution in [0.5, 0.6) is 0 Å². The molecule has 96 valence electrons. The predicted molar refractivity (Wildman–Crippen MR) is 71.6 cm³/mol. The van der Waals surface area contributed by atoms with Crippen molar-refractivity contribution in [3.63, 3.8) is 0 Å². The lowest BCUT2D eigenvalue weighted by Gasteiger charge is -2.09. The number of hydrogen-bond acceptors (Lipinski definition) is 5. The molecule has 0 aromatic carbocycles. The van der Waals surface area contributed by atoms with Gasteiger partial charge < -0.3 is 4.74 Å². The molecule has 0 amide bonds. The van der Waals surface area contributed by atoms with Gasteiger partial charge in [0.15, 0.2) is 0 Å². The van der Waals surface area contributed by atoms with Gasteiger partial charge in [0.05, 0.1) is 10.2 Å². The molecule has 0 unspecified atom stereocenters. The van der Waals surface area contributed by atoms with E-state index in [1.807, 2.05) is 5.16 Å². The molecule has 1 aromatic rings. The predicted octanol–water partition coefficient (Wildman–Crippen LogP) is 4.37. The van der Waals surface area contributed by atoms with Crippen LogP contribution in [0.4, 0.5) is 10.1 Å². The molecule has 0 radical (unpaired) electrons. The summed E-state index contributed by atoms with van der Waals surface area (Å²) in [5.41, 5.74) is -0.143. The molecule has 1 heterocycles. The maximum Gasteiger partial charge on any atom is 0.350 e. The third kappa shape index (κ3) is 2.78. The van der Waals surface area contributed by atoms with E-state index in [0.29, 0.717) is 11.3 Å². The average Bonchev–Trinajstić information content (AvgIpc) is 2.92. The number of hydrogen-bond donors (Lipinski definition) is 0. The number of thiocarbonyl (C=S) groups is 1. The van der Waals surface area contributed by atoms with Crippen molar-refractivity contribution in [3.05, 3.63) is 15.0 Å². The highest BCUT2D eigenvalue weighted by Crippen LogP contribution is 2.39. The Morgan fingerprint density at radius 2 is 2.22 bits per heavy atom. The molecule has 0 aliphatic heterocycles. The number of rotatable bonds is 3. The first-order valence-electron chi connectivity index (χ1n) is 5.40. The number of thiophene rings is 1. The maximum atomic E-state index is 13.5. The number of aliphatic imine (C=N–C) groups is 1. The van der Waals surface area contributed by atoms with E-state index in [2.05, 4.69) is 17.2 Å². The fraction of sp³-hybridized carbons (Fsp3) is 0.455. The summed E-state index contributed by atoms with van der Waals surface area (Å²) in [6.07, 6.45) is 3.71. The molecule has 3 nitrogen and oxygen atoms in total. The third-order valence-corrected chi connectivity index (χ3v) is 4.22. The van der Waals surface area contributed by atoms with Gasteiger partial charge in [-0.15, -0.1) is 0 Å². The zero-order valence-electron chi connectivity index (χ0n) is 9.24. The number of esters is 1. The van der Waals surface area contributed by atoms with Gasteiger partial charge in [-0.25, -0.2) is 4.79 Å². The van der Waals surface area contributed by atoms with Crippen LogP contribution < -0.4 is 0 Å². The standard InChI is InChI=1S/C11H9ClFNO2S2/c12-7-8(14-5-17)10(13)18-9(7)11(15)16-6-3-1-2-4-6/h6H,1-4H2. The number of isothiocyanates is 1. The number of nitrogens with zero attached hydrogens (tertiary/aromatic N) is 1. The Kier molecular flexibility index (Phi) is 4.45. The lowest BCUT2D eigenvalue weighted by atomic mass is 10.3. The van der Waals surface area contributed by atoms with Crippen LogP contribution in [0.25, 0.3) is 0 Å². The Balaban J connectivity index is 2.19. The second-order valence-corrected chi connectivity index (χ2v) is 5.41. The number of carbonyl (C=O) groups excluding carboxylic acids is 1. The van der Waals surface area contributed by atoms with Crippen LogP contribution in [0.3, 0.4) is 0 Å². The summed E-state index contributed by atoms with van der Waals surface area (Å²) in [5.74, 6) is -0.596. The van der Waals surface area contributed by atoms with Crippen molar-refractivity contribution in [2.75, 3.05) is 0 Å². The Hall–Kier alpha value is -0.810. The molecule has 0 N–H and O–H groups in total. The minimum absolute atomic E-state index is 0.0325. The summed E-state index contributed by atoms with van der Waals surface area (Å²) >= 11 is 10.9. The second-order valence-electron chi connectivity index (χ2n) is 3.88. The van der Waals surface area contributed by atoms with Crippen molar-refractivity contribution in [1.82, 2.24) is 0 Å². The summed E-state index contributed by atoms with van der Waals surface area (Å²) in [5, 5.41) is 1.32. The lowest BCUT2D eigenvalue weighted by Crippen LogP contribution is -2.13. The molecular formula is C11H9ClFNO2S2. The molecule has 7 heteroatoms. The van der Waals surface area contributed by atoms with E-state index in [4.69, 9.17) is 16.3 Å². The van der Waals surface area contributed by atoms with E-state index >= 15 is 0 Å². The zero-order valence-corrected chi connectivity index (χ0v) is 11.6. The molecule has 1 aliphatic carbocycles. The van der Waals surface area contributed by atoms with Crippen molar-refractivity contribution in [3.8, 4) is 0 Å². The highest BCUT2D eigenvalue weighted by molar-refractivity contribution is 7.78. The molecule has 1 aliphatic rings. The molecule has 1 saturated carbocycles. The summed E-state index contributed by atoms with van der Waals surface area (Å²) in [4.78, 5) is 15.4. The fourth-order valence-corrected chi connectivity index (χ4v) is 3.06. The van der Waals surface area contributed by atoms with Crippen molar-refractivity contribution in [2.24, 2.45) is 4.99 Å². The van der Waals surface area contributed by atoms with Crippen LogP contribution in [0.1, 0.15) is 35.4 Å². The van der Waals surface area contributed by atoms with Crippen LogP contribution in [0.2, 0.25) is 5.02 Å². The minimum Gasteiger partial charge on any atom is -0.458 e. The van der Waals surface area contributed by atoms with Crippen LogP contribution in [-0.4, -0.2) is 17.2 Å². The van der Waals surface area contributed by atoms with Crippen molar-refractivity contribution in [1.29, 1.82) is 0 Å². The van der Waals surface area contributed by atoms with Gasteiger partial charge in [-0.1, -0.05) is 22.9 Å². The number of carbonyl (C=O) groups is 1. The number of ether oxygens (including phenoxy) is 1. The average molecular weight is 306 g/mol. The van der Waals surface area contributed by atoms with Crippen molar-refractivity contribution < 1.29 is 13.9 Å². The van der Waals surface area contributed by atoms with Gasteiger partial charge in [0.2, 0.25) is 5.13 Å². The normalized spacial score (nSPS) is 15.4. The van der Waals surface area contributed by atoms with E-state index in [9.17, 15) is 9.18 Å². The number of halogens is 2. The quantitative estimate of drug-likeness (QED) is 0.473. The first kappa shape index (κ1) is 13.6. The molecule has 2 rings (SSSR count). The molecule has 0 spiro atoms. The molecule has 0 saturated heterocycles. The molecular weight excluding hydrogens is 297 g/mol. The largest absolute Gasteiger partial charge is 0.458 e. The van der Waals surface area contributed by atoms with Gasteiger partial charge in [0.1, 0.15) is 16.7 Å². The van der Waals surface area contributed by atoms with Crippen LogP contribution in [-0.2, 0) is 4.74 Å². The summed E-state index contributed by atoms with van der Waals surface area (Å²) in [7, 11) is 0. The lowest BCUT2D eigenvalue weighted by molar-refractivity contribution is 0.0324. The van der Waals surface area contributed by atoms with E-state index < -0.39 is 11.1 Å². The van der Waals surface area contributed by atoms with Crippen LogP contribution in [0.15, 0.2) is 4.99 Å². The summed E-state index contributed by atoms with van der Waals surface area (Å²) in [6, 6.07) is 0. The van der Waals surface area contributed by atoms with Crippen molar-refractivity contribution >= 4 is 52.0 Å². The zero-order chi connectivity index (χ0) is 13.1. The van der Waals surface area contributed by atoms with Crippen LogP contribution >= 0.6 is 35.2 Å². The van der Waals surface area contributed by atoms with Gasteiger partial charge in [0, 0.05) is 0 Å². The first-order chi connectivity index (χ1) is 8.63.